The molecule has 0 aromatic heterocycles. The molecule has 192 valence electrons. The fraction of sp³-hybridized carbons (Fsp3) is 0.233. The number of nitrogens with one attached hydrogen (secondary N) is 1. The molecule has 0 spiro atoms. The maximum absolute atomic E-state index is 14.3. The average Bonchev–Trinajstić information content (AvgIpc) is 2.91. The van der Waals surface area contributed by atoms with Crippen molar-refractivity contribution >= 4 is 29.1 Å². The number of benzene rings is 4. The molecule has 5 rings (SSSR count). The van der Waals surface area contributed by atoms with E-state index in [1.165, 1.54) is 13.2 Å². The highest BCUT2D eigenvalue weighted by Crippen LogP contribution is 2.44. The number of carbonyl (C=O) groups is 1. The second-order valence-corrected chi connectivity index (χ2v) is 9.11. The van der Waals surface area contributed by atoms with E-state index in [9.17, 15) is 14.3 Å². The van der Waals surface area contributed by atoms with Gasteiger partial charge in [0, 0.05) is 35.0 Å². The van der Waals surface area contributed by atoms with E-state index in [0.29, 0.717) is 24.1 Å². The molecule has 5 nitrogen and oxygen atoms in total. The van der Waals surface area contributed by atoms with Crippen LogP contribution in [0, 0.1) is 5.82 Å². The Balaban J connectivity index is 0.00000320. The van der Waals surface area contributed by atoms with Crippen molar-refractivity contribution in [1.82, 2.24) is 5.32 Å². The van der Waals surface area contributed by atoms with Crippen molar-refractivity contribution in [2.24, 2.45) is 0 Å². The molecule has 0 fully saturated rings. The highest BCUT2D eigenvalue weighted by molar-refractivity contribution is 5.91. The first kappa shape index (κ1) is 26.5. The SMILES string of the molecule is COc1c(C(=O)O)cccc1[C@@H]1C[C@H](CN[C@H](C)c2ccc(F)c3ccccc23)Oc2ccccc21.Cl. The molecule has 37 heavy (non-hydrogen) atoms. The minimum atomic E-state index is -1.02. The quantitative estimate of drug-likeness (QED) is 0.282. The highest BCUT2D eigenvalue weighted by Gasteiger charge is 2.32. The molecule has 1 aliphatic heterocycles. The van der Waals surface area contributed by atoms with Crippen LogP contribution in [0.4, 0.5) is 4.39 Å². The van der Waals surface area contributed by atoms with Crippen molar-refractivity contribution in [2.75, 3.05) is 13.7 Å². The van der Waals surface area contributed by atoms with Crippen LogP contribution in [-0.4, -0.2) is 30.8 Å². The lowest BCUT2D eigenvalue weighted by Gasteiger charge is -2.34. The number of ether oxygens (including phenoxy) is 2. The predicted molar refractivity (Wildman–Crippen MR) is 145 cm³/mol. The number of hydrogen-bond donors (Lipinski definition) is 2. The van der Waals surface area contributed by atoms with E-state index in [1.807, 2.05) is 54.6 Å². The molecule has 0 radical (unpaired) electrons. The number of rotatable bonds is 7. The first-order chi connectivity index (χ1) is 17.5. The summed E-state index contributed by atoms with van der Waals surface area (Å²) in [6, 6.07) is 23.9. The van der Waals surface area contributed by atoms with Gasteiger partial charge in [0.2, 0.25) is 0 Å². The molecule has 0 aliphatic carbocycles. The topological polar surface area (TPSA) is 67.8 Å². The van der Waals surface area contributed by atoms with Gasteiger partial charge < -0.3 is 19.9 Å². The Labute approximate surface area is 221 Å². The Morgan fingerprint density at radius 1 is 1.03 bits per heavy atom. The van der Waals surface area contributed by atoms with Gasteiger partial charge in [-0.25, -0.2) is 9.18 Å². The predicted octanol–water partition coefficient (Wildman–Crippen LogP) is 6.74. The molecule has 1 heterocycles. The number of aromatic carboxylic acids is 1. The molecule has 4 aromatic carbocycles. The second-order valence-electron chi connectivity index (χ2n) is 9.11. The van der Waals surface area contributed by atoms with Crippen LogP contribution in [-0.2, 0) is 0 Å². The zero-order chi connectivity index (χ0) is 25.2. The van der Waals surface area contributed by atoms with Gasteiger partial charge in [-0.1, -0.05) is 60.7 Å². The minimum absolute atomic E-state index is 0. The third-order valence-corrected chi connectivity index (χ3v) is 6.96. The number of carboxylic acids is 1. The summed E-state index contributed by atoms with van der Waals surface area (Å²) in [4.78, 5) is 11.8. The molecule has 7 heteroatoms. The normalized spacial score (nSPS) is 17.3. The lowest BCUT2D eigenvalue weighted by molar-refractivity contribution is 0.0693. The van der Waals surface area contributed by atoms with Gasteiger partial charge in [0.25, 0.3) is 0 Å². The van der Waals surface area contributed by atoms with Gasteiger partial charge >= 0.3 is 5.97 Å². The van der Waals surface area contributed by atoms with Gasteiger partial charge in [0.1, 0.15) is 29.0 Å². The van der Waals surface area contributed by atoms with E-state index in [1.54, 1.807) is 18.2 Å². The summed E-state index contributed by atoms with van der Waals surface area (Å²) < 4.78 is 26.2. The van der Waals surface area contributed by atoms with Crippen molar-refractivity contribution in [3.05, 3.63) is 107 Å². The van der Waals surface area contributed by atoms with Crippen LogP contribution >= 0.6 is 12.4 Å². The third kappa shape index (κ3) is 5.13. The Bertz CT molecular complexity index is 1430. The van der Waals surface area contributed by atoms with Crippen molar-refractivity contribution in [1.29, 1.82) is 0 Å². The van der Waals surface area contributed by atoms with Gasteiger partial charge in [-0.05, 0) is 42.5 Å². The van der Waals surface area contributed by atoms with Crippen LogP contribution in [0.25, 0.3) is 10.8 Å². The average molecular weight is 522 g/mol. The number of methoxy groups -OCH3 is 1. The second kappa shape index (κ2) is 11.2. The summed E-state index contributed by atoms with van der Waals surface area (Å²) in [5, 5.41) is 14.7. The number of fused-ring (bicyclic) bond motifs is 2. The van der Waals surface area contributed by atoms with Gasteiger partial charge in [-0.3, -0.25) is 0 Å². The van der Waals surface area contributed by atoms with Gasteiger partial charge in [0.15, 0.2) is 0 Å². The molecule has 0 saturated carbocycles. The summed E-state index contributed by atoms with van der Waals surface area (Å²) in [7, 11) is 1.50. The van der Waals surface area contributed by atoms with Crippen LogP contribution in [0.15, 0.2) is 78.9 Å². The Kier molecular flexibility index (Phi) is 8.00. The van der Waals surface area contributed by atoms with Crippen molar-refractivity contribution in [2.45, 2.75) is 31.4 Å². The molecule has 4 aromatic rings. The van der Waals surface area contributed by atoms with Crippen LogP contribution in [0.2, 0.25) is 0 Å². The van der Waals surface area contributed by atoms with E-state index < -0.39 is 5.97 Å². The van der Waals surface area contributed by atoms with Crippen LogP contribution in [0.3, 0.4) is 0 Å². The summed E-state index contributed by atoms with van der Waals surface area (Å²) in [6.45, 7) is 2.63. The Hall–Kier alpha value is -3.61. The van der Waals surface area contributed by atoms with Crippen molar-refractivity contribution in [3.8, 4) is 11.5 Å². The molecule has 0 unspecified atom stereocenters. The van der Waals surface area contributed by atoms with Crippen molar-refractivity contribution in [3.63, 3.8) is 0 Å². The largest absolute Gasteiger partial charge is 0.496 e. The van der Waals surface area contributed by atoms with Gasteiger partial charge in [0.05, 0.1) is 7.11 Å². The van der Waals surface area contributed by atoms with Crippen LogP contribution in [0.5, 0.6) is 11.5 Å². The minimum Gasteiger partial charge on any atom is -0.496 e. The maximum atomic E-state index is 14.3. The molecule has 0 saturated heterocycles. The van der Waals surface area contributed by atoms with Crippen LogP contribution in [0.1, 0.15) is 52.4 Å². The fourth-order valence-electron chi connectivity index (χ4n) is 5.22. The zero-order valence-electron chi connectivity index (χ0n) is 20.6. The molecule has 0 amide bonds. The smallest absolute Gasteiger partial charge is 0.339 e. The lowest BCUT2D eigenvalue weighted by atomic mass is 9.83. The summed E-state index contributed by atoms with van der Waals surface area (Å²) in [6.07, 6.45) is 0.498. The van der Waals surface area contributed by atoms with E-state index in [0.717, 1.165) is 27.8 Å². The molecular formula is C30H29ClFNO4. The number of para-hydroxylation sites is 2. The number of halogens is 2. The summed E-state index contributed by atoms with van der Waals surface area (Å²) in [5.74, 6) is -0.174. The molecule has 0 bridgehead atoms. The molecular weight excluding hydrogens is 493 g/mol. The van der Waals surface area contributed by atoms with E-state index in [2.05, 4.69) is 12.2 Å². The van der Waals surface area contributed by atoms with Crippen LogP contribution < -0.4 is 14.8 Å². The first-order valence-corrected chi connectivity index (χ1v) is 12.0. The van der Waals surface area contributed by atoms with Crippen molar-refractivity contribution < 1.29 is 23.8 Å². The third-order valence-electron chi connectivity index (χ3n) is 6.96. The zero-order valence-corrected chi connectivity index (χ0v) is 21.4. The number of carboxylic acid groups (broad SMARTS) is 1. The van der Waals surface area contributed by atoms with E-state index in [4.69, 9.17) is 9.47 Å². The molecule has 3 atom stereocenters. The Morgan fingerprint density at radius 3 is 2.49 bits per heavy atom. The standard InChI is InChI=1S/C30H28FNO4.ClH/c1-18(20-14-15-27(31)22-9-4-3-8-21(20)22)32-17-19-16-26(23-10-5-6-13-28(23)36-19)24-11-7-12-25(30(33)34)29(24)35-2;/h3-15,18-19,26,32H,16-17H2,1-2H3,(H,33,34);1H/t18-,19-,26-;/m1./s1. The summed E-state index contributed by atoms with van der Waals surface area (Å²) in [5.41, 5.74) is 3.00. The van der Waals surface area contributed by atoms with E-state index >= 15 is 0 Å². The maximum Gasteiger partial charge on any atom is 0.339 e. The first-order valence-electron chi connectivity index (χ1n) is 12.0. The number of hydrogen-bond acceptors (Lipinski definition) is 4. The Morgan fingerprint density at radius 2 is 1.73 bits per heavy atom. The monoisotopic (exact) mass is 521 g/mol. The van der Waals surface area contributed by atoms with E-state index in [-0.39, 0.29) is 41.9 Å². The van der Waals surface area contributed by atoms with Gasteiger partial charge in [-0.2, -0.15) is 0 Å². The fourth-order valence-corrected chi connectivity index (χ4v) is 5.22. The lowest BCUT2D eigenvalue weighted by Crippen LogP contribution is -2.37. The highest BCUT2D eigenvalue weighted by atomic mass is 35.5. The molecule has 1 aliphatic rings. The molecule has 2 N–H and O–H groups in total. The van der Waals surface area contributed by atoms with Gasteiger partial charge in [-0.15, -0.1) is 12.4 Å². The summed E-state index contributed by atoms with van der Waals surface area (Å²) >= 11 is 0.